The van der Waals surface area contributed by atoms with Gasteiger partial charge in [0.05, 0.1) is 25.0 Å². The van der Waals surface area contributed by atoms with E-state index in [1.54, 1.807) is 25.3 Å². The highest BCUT2D eigenvalue weighted by molar-refractivity contribution is 5.95. The van der Waals surface area contributed by atoms with Gasteiger partial charge in [-0.2, -0.15) is 0 Å². The largest absolute Gasteiger partial charge is 0.497 e. The summed E-state index contributed by atoms with van der Waals surface area (Å²) in [5.74, 6) is 1.30. The van der Waals surface area contributed by atoms with Crippen molar-refractivity contribution in [3.8, 4) is 5.75 Å². The van der Waals surface area contributed by atoms with Crippen molar-refractivity contribution in [2.75, 3.05) is 31.2 Å². The fourth-order valence-electron chi connectivity index (χ4n) is 2.80. The molecule has 1 aromatic rings. The molecule has 0 bridgehead atoms. The van der Waals surface area contributed by atoms with Crippen molar-refractivity contribution < 1.29 is 9.53 Å². The minimum absolute atomic E-state index is 0.0205. The van der Waals surface area contributed by atoms with Crippen molar-refractivity contribution in [3.63, 3.8) is 0 Å². The van der Waals surface area contributed by atoms with Crippen LogP contribution in [0.2, 0.25) is 0 Å². The second-order valence-electron chi connectivity index (χ2n) is 5.83. The predicted octanol–water partition coefficient (Wildman–Crippen LogP) is 2.34. The predicted molar refractivity (Wildman–Crippen MR) is 85.5 cm³/mol. The van der Waals surface area contributed by atoms with Crippen molar-refractivity contribution in [1.82, 2.24) is 4.90 Å². The molecule has 1 aliphatic rings. The summed E-state index contributed by atoms with van der Waals surface area (Å²) >= 11 is 0. The van der Waals surface area contributed by atoms with E-state index in [2.05, 4.69) is 24.1 Å². The maximum Gasteiger partial charge on any atom is 0.238 e. The molecule has 1 aromatic carbocycles. The smallest absolute Gasteiger partial charge is 0.238 e. The van der Waals surface area contributed by atoms with Gasteiger partial charge in [-0.25, -0.2) is 0 Å². The summed E-state index contributed by atoms with van der Waals surface area (Å²) in [5.41, 5.74) is 7.07. The van der Waals surface area contributed by atoms with Crippen LogP contribution >= 0.6 is 0 Å². The van der Waals surface area contributed by atoms with E-state index in [1.165, 1.54) is 6.42 Å². The maximum atomic E-state index is 12.2. The summed E-state index contributed by atoms with van der Waals surface area (Å²) in [6.45, 7) is 5.84. The van der Waals surface area contributed by atoms with Crippen molar-refractivity contribution in [2.24, 2.45) is 5.92 Å². The Morgan fingerprint density at radius 2 is 2.24 bits per heavy atom. The van der Waals surface area contributed by atoms with Gasteiger partial charge in [0, 0.05) is 12.1 Å². The van der Waals surface area contributed by atoms with Crippen LogP contribution in [0.25, 0.3) is 0 Å². The topological polar surface area (TPSA) is 67.6 Å². The summed E-state index contributed by atoms with van der Waals surface area (Å²) in [6, 6.07) is 5.71. The van der Waals surface area contributed by atoms with Gasteiger partial charge >= 0.3 is 0 Å². The normalized spacial score (nSPS) is 22.8. The lowest BCUT2D eigenvalue weighted by Crippen LogP contribution is -2.46. The number of likely N-dealkylation sites (tertiary alicyclic amines) is 1. The van der Waals surface area contributed by atoms with E-state index in [4.69, 9.17) is 10.5 Å². The van der Waals surface area contributed by atoms with Crippen molar-refractivity contribution in [3.05, 3.63) is 18.2 Å². The van der Waals surface area contributed by atoms with E-state index in [-0.39, 0.29) is 5.91 Å². The molecule has 0 spiro atoms. The molecule has 1 heterocycles. The summed E-state index contributed by atoms with van der Waals surface area (Å²) in [7, 11) is 1.59. The van der Waals surface area contributed by atoms with Gasteiger partial charge < -0.3 is 15.8 Å². The van der Waals surface area contributed by atoms with Gasteiger partial charge in [0.25, 0.3) is 0 Å². The summed E-state index contributed by atoms with van der Waals surface area (Å²) in [4.78, 5) is 14.4. The Labute approximate surface area is 126 Å². The molecule has 2 unspecified atom stereocenters. The Morgan fingerprint density at radius 1 is 1.48 bits per heavy atom. The second kappa shape index (κ2) is 6.80. The highest BCUT2D eigenvalue weighted by atomic mass is 16.5. The Bertz CT molecular complexity index is 504. The molecule has 0 radical (unpaired) electrons. The quantitative estimate of drug-likeness (QED) is 0.836. The number of rotatable bonds is 4. The number of nitrogens with one attached hydrogen (secondary N) is 1. The van der Waals surface area contributed by atoms with Crippen LogP contribution in [-0.4, -0.2) is 37.0 Å². The Hall–Kier alpha value is -1.75. The van der Waals surface area contributed by atoms with E-state index in [0.717, 1.165) is 13.0 Å². The number of methoxy groups -OCH3 is 1. The lowest BCUT2D eigenvalue weighted by Gasteiger charge is -2.37. The van der Waals surface area contributed by atoms with Crippen LogP contribution in [-0.2, 0) is 4.79 Å². The van der Waals surface area contributed by atoms with Crippen LogP contribution in [0.3, 0.4) is 0 Å². The third-order valence-corrected chi connectivity index (χ3v) is 4.38. The van der Waals surface area contributed by atoms with Crippen LogP contribution in [0.4, 0.5) is 11.4 Å². The fourth-order valence-corrected chi connectivity index (χ4v) is 2.80. The number of ether oxygens (including phenoxy) is 1. The lowest BCUT2D eigenvalue weighted by molar-refractivity contribution is -0.118. The molecule has 21 heavy (non-hydrogen) atoms. The number of anilines is 2. The van der Waals surface area contributed by atoms with Gasteiger partial charge in [-0.15, -0.1) is 0 Å². The molecule has 2 atom stereocenters. The molecule has 0 aromatic heterocycles. The van der Waals surface area contributed by atoms with Crippen LogP contribution in [0.5, 0.6) is 5.75 Å². The lowest BCUT2D eigenvalue weighted by atomic mass is 9.92. The highest BCUT2D eigenvalue weighted by Gasteiger charge is 2.26. The first-order chi connectivity index (χ1) is 10.0. The molecule has 1 amide bonds. The standard InChI is InChI=1S/C16H25N3O2/c1-11-5-4-8-19(12(11)2)10-16(20)18-15-7-6-13(21-3)9-14(15)17/h6-7,9,11-12H,4-5,8,10,17H2,1-3H3,(H,18,20). The fraction of sp³-hybridized carbons (Fsp3) is 0.562. The van der Waals surface area contributed by atoms with E-state index < -0.39 is 0 Å². The highest BCUT2D eigenvalue weighted by Crippen LogP contribution is 2.25. The molecule has 0 saturated carbocycles. The molecule has 1 aliphatic heterocycles. The zero-order valence-corrected chi connectivity index (χ0v) is 13.1. The van der Waals surface area contributed by atoms with E-state index in [0.29, 0.717) is 35.6 Å². The molecule has 5 nitrogen and oxygen atoms in total. The molecule has 1 fully saturated rings. The van der Waals surface area contributed by atoms with Crippen LogP contribution in [0.15, 0.2) is 18.2 Å². The zero-order valence-electron chi connectivity index (χ0n) is 13.1. The number of carbonyl (C=O) groups excluding carboxylic acids is 1. The molecule has 116 valence electrons. The average molecular weight is 291 g/mol. The van der Waals surface area contributed by atoms with Gasteiger partial charge in [-0.1, -0.05) is 6.92 Å². The average Bonchev–Trinajstić information content (AvgIpc) is 2.46. The minimum Gasteiger partial charge on any atom is -0.497 e. The third kappa shape index (κ3) is 3.88. The molecule has 2 rings (SSSR count). The molecule has 1 saturated heterocycles. The second-order valence-corrected chi connectivity index (χ2v) is 5.83. The maximum absolute atomic E-state index is 12.2. The SMILES string of the molecule is COc1ccc(NC(=O)CN2CCCC(C)C2C)c(N)c1. The van der Waals surface area contributed by atoms with Gasteiger partial charge in [0.1, 0.15) is 5.75 Å². The zero-order chi connectivity index (χ0) is 15.4. The van der Waals surface area contributed by atoms with Crippen molar-refractivity contribution >= 4 is 17.3 Å². The van der Waals surface area contributed by atoms with Gasteiger partial charge in [0.2, 0.25) is 5.91 Å². The summed E-state index contributed by atoms with van der Waals surface area (Å²) < 4.78 is 5.10. The number of hydrogen-bond donors (Lipinski definition) is 2. The summed E-state index contributed by atoms with van der Waals surface area (Å²) in [5, 5.41) is 2.88. The van der Waals surface area contributed by atoms with Crippen molar-refractivity contribution in [1.29, 1.82) is 0 Å². The minimum atomic E-state index is -0.0205. The Balaban J connectivity index is 1.95. The molecular formula is C16H25N3O2. The molecule has 5 heteroatoms. The molecular weight excluding hydrogens is 266 g/mol. The van der Waals surface area contributed by atoms with E-state index >= 15 is 0 Å². The van der Waals surface area contributed by atoms with Gasteiger partial charge in [0.15, 0.2) is 0 Å². The number of piperidine rings is 1. The monoisotopic (exact) mass is 291 g/mol. The Morgan fingerprint density at radius 3 is 2.90 bits per heavy atom. The van der Waals surface area contributed by atoms with E-state index in [1.807, 2.05) is 0 Å². The van der Waals surface area contributed by atoms with Crippen LogP contribution in [0, 0.1) is 5.92 Å². The molecule has 3 N–H and O–H groups in total. The van der Waals surface area contributed by atoms with E-state index in [9.17, 15) is 4.79 Å². The number of nitrogens with zero attached hydrogens (tertiary/aromatic N) is 1. The number of nitrogen functional groups attached to an aromatic ring is 1. The van der Waals surface area contributed by atoms with Crippen LogP contribution < -0.4 is 15.8 Å². The number of amides is 1. The third-order valence-electron chi connectivity index (χ3n) is 4.38. The van der Waals surface area contributed by atoms with Crippen LogP contribution in [0.1, 0.15) is 26.7 Å². The number of nitrogens with two attached hydrogens (primary N) is 1. The first-order valence-electron chi connectivity index (χ1n) is 7.48. The first-order valence-corrected chi connectivity index (χ1v) is 7.48. The van der Waals surface area contributed by atoms with Gasteiger partial charge in [-0.05, 0) is 44.4 Å². The van der Waals surface area contributed by atoms with Gasteiger partial charge in [-0.3, -0.25) is 9.69 Å². The number of carbonyl (C=O) groups is 1. The Kier molecular flexibility index (Phi) is 5.07. The number of hydrogen-bond acceptors (Lipinski definition) is 4. The van der Waals surface area contributed by atoms with Crippen molar-refractivity contribution in [2.45, 2.75) is 32.7 Å². The number of benzene rings is 1. The first kappa shape index (κ1) is 15.6. The molecule has 0 aliphatic carbocycles. The summed E-state index contributed by atoms with van der Waals surface area (Å²) in [6.07, 6.45) is 2.40.